The van der Waals surface area contributed by atoms with E-state index in [0.717, 1.165) is 5.56 Å². The lowest BCUT2D eigenvalue weighted by atomic mass is 9.91. The molecule has 0 aliphatic carbocycles. The molecular weight excluding hydrogens is 357 g/mol. The highest BCUT2D eigenvalue weighted by Gasteiger charge is 2.27. The summed E-state index contributed by atoms with van der Waals surface area (Å²) in [5, 5.41) is 9.18. The third-order valence-corrected chi connectivity index (χ3v) is 4.05. The van der Waals surface area contributed by atoms with Gasteiger partial charge in [-0.2, -0.15) is 5.26 Å². The number of halogens is 3. The first-order chi connectivity index (χ1) is 9.95. The van der Waals surface area contributed by atoms with Crippen LogP contribution in [0.5, 0.6) is 0 Å². The van der Waals surface area contributed by atoms with E-state index in [1.165, 1.54) is 18.2 Å². The summed E-state index contributed by atoms with van der Waals surface area (Å²) in [6.07, 6.45) is 0. The van der Waals surface area contributed by atoms with Crippen LogP contribution in [0.3, 0.4) is 0 Å². The first-order valence-electron chi connectivity index (χ1n) is 6.09. The number of carbonyl (C=O) groups excluding carboxylic acids is 1. The van der Waals surface area contributed by atoms with Crippen LogP contribution in [0, 0.1) is 24.1 Å². The Bertz CT molecular complexity index is 754. The largest absolute Gasteiger partial charge is 0.292 e. The number of Topliss-reactive ketones (excluding diaryl/α,β-unsaturated/α-hetero) is 1. The minimum atomic E-state index is -1.23. The number of ketones is 1. The smallest absolute Gasteiger partial charge is 0.185 e. The van der Waals surface area contributed by atoms with Crippen LogP contribution < -0.4 is 0 Å². The van der Waals surface area contributed by atoms with Gasteiger partial charge >= 0.3 is 0 Å². The van der Waals surface area contributed by atoms with Gasteiger partial charge < -0.3 is 0 Å². The minimum Gasteiger partial charge on any atom is -0.292 e. The normalized spacial score (nSPS) is 11.8. The molecule has 2 rings (SSSR count). The summed E-state index contributed by atoms with van der Waals surface area (Å²) in [6.45, 7) is 1.84. The molecule has 0 N–H and O–H groups in total. The second-order valence-corrected chi connectivity index (χ2v) is 5.81. The van der Waals surface area contributed by atoms with Gasteiger partial charge in [-0.05, 0) is 25.1 Å². The number of hydrogen-bond donors (Lipinski definition) is 0. The summed E-state index contributed by atoms with van der Waals surface area (Å²) in [6, 6.07) is 11.4. The monoisotopic (exact) mass is 365 g/mol. The van der Waals surface area contributed by atoms with Crippen molar-refractivity contribution in [3.8, 4) is 6.07 Å². The third-order valence-electron chi connectivity index (χ3n) is 3.07. The molecule has 2 aromatic carbocycles. The number of hydrogen-bond acceptors (Lipinski definition) is 2. The van der Waals surface area contributed by atoms with E-state index in [1.807, 2.05) is 19.1 Å². The van der Waals surface area contributed by atoms with Crippen LogP contribution in [0.1, 0.15) is 27.4 Å². The fourth-order valence-corrected chi connectivity index (χ4v) is 2.62. The average molecular weight is 367 g/mol. The van der Waals surface area contributed by atoms with Gasteiger partial charge in [-0.3, -0.25) is 4.79 Å². The first kappa shape index (κ1) is 15.7. The molecule has 21 heavy (non-hydrogen) atoms. The first-order valence-corrected chi connectivity index (χ1v) is 7.26. The second kappa shape index (κ2) is 6.38. The van der Waals surface area contributed by atoms with Crippen molar-refractivity contribution in [1.82, 2.24) is 0 Å². The lowest BCUT2D eigenvalue weighted by Crippen LogP contribution is -2.14. The number of rotatable bonds is 3. The molecule has 5 heteroatoms. The van der Waals surface area contributed by atoms with Crippen molar-refractivity contribution in [2.45, 2.75) is 12.8 Å². The number of aryl methyl sites for hydroxylation is 1. The molecule has 0 heterocycles. The second-order valence-electron chi connectivity index (χ2n) is 4.55. The predicted octanol–water partition coefficient (Wildman–Crippen LogP) is 5.04. The molecule has 0 radical (unpaired) electrons. The Morgan fingerprint density at radius 3 is 2.76 bits per heavy atom. The van der Waals surface area contributed by atoms with Gasteiger partial charge in [-0.1, -0.05) is 51.3 Å². The van der Waals surface area contributed by atoms with Gasteiger partial charge in [0.15, 0.2) is 5.78 Å². The molecule has 0 saturated heterocycles. The summed E-state index contributed by atoms with van der Waals surface area (Å²) in [7, 11) is 0. The molecule has 1 unspecified atom stereocenters. The molecule has 0 amide bonds. The van der Waals surface area contributed by atoms with Crippen molar-refractivity contribution in [3.05, 3.63) is 68.4 Å². The van der Waals surface area contributed by atoms with Crippen LogP contribution in [0.15, 0.2) is 40.9 Å². The number of carbonyl (C=O) groups is 1. The molecule has 0 fully saturated rings. The Morgan fingerprint density at radius 1 is 1.38 bits per heavy atom. The Hall–Kier alpha value is -1.70. The van der Waals surface area contributed by atoms with Crippen LogP contribution in [-0.2, 0) is 0 Å². The molecule has 1 atom stereocenters. The molecule has 2 aromatic rings. The molecule has 0 bridgehead atoms. The van der Waals surface area contributed by atoms with Crippen molar-refractivity contribution < 1.29 is 9.18 Å². The van der Waals surface area contributed by atoms with E-state index in [0.29, 0.717) is 10.0 Å². The molecule has 0 aromatic heterocycles. The number of benzene rings is 2. The summed E-state index contributed by atoms with van der Waals surface area (Å²) < 4.78 is 14.6. The van der Waals surface area contributed by atoms with Gasteiger partial charge in [-0.25, -0.2) is 4.39 Å². The van der Waals surface area contributed by atoms with Gasteiger partial charge in [0.25, 0.3) is 0 Å². The summed E-state index contributed by atoms with van der Waals surface area (Å²) in [5.41, 5.74) is 1.22. The van der Waals surface area contributed by atoms with E-state index in [9.17, 15) is 14.4 Å². The Balaban J connectivity index is 2.52. The van der Waals surface area contributed by atoms with E-state index in [1.54, 1.807) is 12.1 Å². The molecule has 106 valence electrons. The highest BCUT2D eigenvalue weighted by Crippen LogP contribution is 2.29. The third kappa shape index (κ3) is 3.15. The Morgan fingerprint density at radius 2 is 2.10 bits per heavy atom. The van der Waals surface area contributed by atoms with E-state index in [2.05, 4.69) is 15.9 Å². The molecule has 0 aliphatic rings. The fourth-order valence-electron chi connectivity index (χ4n) is 2.00. The number of nitriles is 1. The van der Waals surface area contributed by atoms with Crippen LogP contribution in [0.2, 0.25) is 5.02 Å². The maximum Gasteiger partial charge on any atom is 0.185 e. The molecule has 2 nitrogen and oxygen atoms in total. The summed E-state index contributed by atoms with van der Waals surface area (Å²) in [4.78, 5) is 12.6. The molecule has 0 saturated carbocycles. The predicted molar refractivity (Wildman–Crippen MR) is 83.0 cm³/mol. The van der Waals surface area contributed by atoms with Crippen molar-refractivity contribution >= 4 is 33.3 Å². The van der Waals surface area contributed by atoms with Crippen LogP contribution in [-0.4, -0.2) is 5.78 Å². The zero-order chi connectivity index (χ0) is 15.6. The highest BCUT2D eigenvalue weighted by molar-refractivity contribution is 9.10. The maximum absolute atomic E-state index is 14.0. The van der Waals surface area contributed by atoms with Gasteiger partial charge in [0.1, 0.15) is 11.7 Å². The fraction of sp³-hybridized carbons (Fsp3) is 0.125. The number of nitrogens with zero attached hydrogens (tertiary/aromatic N) is 1. The Labute approximate surface area is 135 Å². The lowest BCUT2D eigenvalue weighted by molar-refractivity contribution is 0.0976. The summed E-state index contributed by atoms with van der Waals surface area (Å²) >= 11 is 9.00. The zero-order valence-corrected chi connectivity index (χ0v) is 13.4. The van der Waals surface area contributed by atoms with E-state index < -0.39 is 17.5 Å². The summed E-state index contributed by atoms with van der Waals surface area (Å²) in [5.74, 6) is -2.43. The van der Waals surface area contributed by atoms with Crippen LogP contribution in [0.25, 0.3) is 0 Å². The van der Waals surface area contributed by atoms with Crippen molar-refractivity contribution in [2.75, 3.05) is 0 Å². The van der Waals surface area contributed by atoms with Gasteiger partial charge in [0, 0.05) is 15.6 Å². The van der Waals surface area contributed by atoms with Crippen LogP contribution >= 0.6 is 27.5 Å². The van der Waals surface area contributed by atoms with Crippen molar-refractivity contribution in [2.24, 2.45) is 0 Å². The zero-order valence-electron chi connectivity index (χ0n) is 11.0. The van der Waals surface area contributed by atoms with Crippen molar-refractivity contribution in [1.29, 1.82) is 5.26 Å². The topological polar surface area (TPSA) is 40.9 Å². The maximum atomic E-state index is 14.0. The van der Waals surface area contributed by atoms with E-state index >= 15 is 0 Å². The van der Waals surface area contributed by atoms with E-state index in [-0.39, 0.29) is 10.6 Å². The average Bonchev–Trinajstić information content (AvgIpc) is 2.46. The quantitative estimate of drug-likeness (QED) is 0.714. The Kier molecular flexibility index (Phi) is 4.76. The van der Waals surface area contributed by atoms with Crippen LogP contribution in [0.4, 0.5) is 4.39 Å². The highest BCUT2D eigenvalue weighted by atomic mass is 79.9. The van der Waals surface area contributed by atoms with Gasteiger partial charge in [0.05, 0.1) is 11.1 Å². The standard InChI is InChI=1S/C16H10BrClFNO/c1-9-5-6-13(17)11(7-9)16(21)12(8-20)10-3-2-4-14(18)15(10)19/h2-7,12H,1H3. The van der Waals surface area contributed by atoms with Gasteiger partial charge in [0.2, 0.25) is 0 Å². The van der Waals surface area contributed by atoms with E-state index in [4.69, 9.17) is 11.6 Å². The minimum absolute atomic E-state index is 0.0107. The SMILES string of the molecule is Cc1ccc(Br)c(C(=O)C(C#N)c2cccc(Cl)c2F)c1. The van der Waals surface area contributed by atoms with Crippen molar-refractivity contribution in [3.63, 3.8) is 0 Å². The molecular formula is C16H10BrClFNO. The molecule has 0 aliphatic heterocycles. The van der Waals surface area contributed by atoms with Gasteiger partial charge in [-0.15, -0.1) is 0 Å². The molecule has 0 spiro atoms. The lowest BCUT2D eigenvalue weighted by Gasteiger charge is -2.12.